The van der Waals surface area contributed by atoms with Crippen molar-refractivity contribution in [3.05, 3.63) is 36.8 Å². The number of H-pyrrole nitrogens is 1. The number of nitrogen functional groups attached to an aromatic ring is 1. The van der Waals surface area contributed by atoms with E-state index in [-0.39, 0.29) is 12.1 Å². The van der Waals surface area contributed by atoms with E-state index in [1.54, 1.807) is 12.4 Å². The predicted octanol–water partition coefficient (Wildman–Crippen LogP) is 3.08. The molecule has 0 saturated heterocycles. The third kappa shape index (κ3) is 2.89. The van der Waals surface area contributed by atoms with Gasteiger partial charge in [0.1, 0.15) is 5.82 Å². The molecule has 0 aliphatic rings. The highest BCUT2D eigenvalue weighted by Gasteiger charge is 2.12. The van der Waals surface area contributed by atoms with Gasteiger partial charge in [-0.05, 0) is 32.0 Å². The monoisotopic (exact) mass is 335 g/mol. The van der Waals surface area contributed by atoms with Crippen LogP contribution in [0, 0.1) is 0 Å². The Hall–Kier alpha value is -3.42. The number of aromatic amines is 1. The average Bonchev–Trinajstić information content (AvgIpc) is 3.20. The first-order valence-corrected chi connectivity index (χ1v) is 7.90. The maximum atomic E-state index is 5.51. The summed E-state index contributed by atoms with van der Waals surface area (Å²) in [5.74, 6) is 1.19. The van der Waals surface area contributed by atoms with Crippen LogP contribution in [0.3, 0.4) is 0 Å². The Labute approximate surface area is 143 Å². The van der Waals surface area contributed by atoms with Gasteiger partial charge >= 0.3 is 6.01 Å². The van der Waals surface area contributed by atoms with Crippen molar-refractivity contribution >= 4 is 22.7 Å². The van der Waals surface area contributed by atoms with Crippen LogP contribution in [-0.4, -0.2) is 31.1 Å². The number of rotatable bonds is 4. The largest absolute Gasteiger partial charge is 0.367 e. The van der Waals surface area contributed by atoms with Crippen LogP contribution in [0.2, 0.25) is 0 Å². The summed E-state index contributed by atoms with van der Waals surface area (Å²) < 4.78 is 4.86. The van der Waals surface area contributed by atoms with Crippen LogP contribution < -0.4 is 11.1 Å². The molecular formula is C17H17N7O. The molecule has 0 saturated carbocycles. The molecule has 0 aliphatic carbocycles. The van der Waals surface area contributed by atoms with E-state index < -0.39 is 0 Å². The zero-order chi connectivity index (χ0) is 17.4. The summed E-state index contributed by atoms with van der Waals surface area (Å²) >= 11 is 0. The first kappa shape index (κ1) is 15.1. The fraction of sp³-hybridized carbons (Fsp3) is 0.176. The Morgan fingerprint density at radius 1 is 1.20 bits per heavy atom. The second-order valence-electron chi connectivity index (χ2n) is 6.01. The number of nitrogens with one attached hydrogen (secondary N) is 2. The van der Waals surface area contributed by atoms with E-state index in [2.05, 4.69) is 44.3 Å². The van der Waals surface area contributed by atoms with Gasteiger partial charge in [0.25, 0.3) is 0 Å². The van der Waals surface area contributed by atoms with Crippen LogP contribution in [0.25, 0.3) is 33.5 Å². The quantitative estimate of drug-likeness (QED) is 0.524. The second-order valence-corrected chi connectivity index (χ2v) is 6.01. The lowest BCUT2D eigenvalue weighted by Crippen LogP contribution is -2.11. The van der Waals surface area contributed by atoms with E-state index >= 15 is 0 Å². The molecular weight excluding hydrogens is 318 g/mol. The van der Waals surface area contributed by atoms with Crippen molar-refractivity contribution in [3.63, 3.8) is 0 Å². The standard InChI is InChI=1S/C17H17N7O/c1-9(2)21-15-8-19-7-14(22-15)12-6-20-13-4-3-10(5-11(12)13)16-23-17(18)25-24-16/h3-9,20H,1-2H3,(H,21,22)(H2,18,23,24). The van der Waals surface area contributed by atoms with Crippen molar-refractivity contribution < 1.29 is 4.52 Å². The van der Waals surface area contributed by atoms with Crippen molar-refractivity contribution in [2.24, 2.45) is 0 Å². The van der Waals surface area contributed by atoms with Gasteiger partial charge in [-0.1, -0.05) is 5.16 Å². The Balaban J connectivity index is 1.80. The molecule has 4 rings (SSSR count). The number of anilines is 2. The zero-order valence-corrected chi connectivity index (χ0v) is 13.8. The Morgan fingerprint density at radius 2 is 2.08 bits per heavy atom. The average molecular weight is 335 g/mol. The zero-order valence-electron chi connectivity index (χ0n) is 13.8. The fourth-order valence-corrected chi connectivity index (χ4v) is 2.69. The molecule has 3 heterocycles. The summed E-state index contributed by atoms with van der Waals surface area (Å²) in [6.07, 6.45) is 5.38. The van der Waals surface area contributed by atoms with Crippen molar-refractivity contribution in [2.45, 2.75) is 19.9 Å². The molecule has 0 fully saturated rings. The molecule has 8 nitrogen and oxygen atoms in total. The van der Waals surface area contributed by atoms with E-state index in [1.165, 1.54) is 0 Å². The lowest BCUT2D eigenvalue weighted by molar-refractivity contribution is 0.437. The summed E-state index contributed by atoms with van der Waals surface area (Å²) in [4.78, 5) is 16.3. The molecule has 4 aromatic rings. The maximum absolute atomic E-state index is 5.51. The Kier molecular flexibility index (Phi) is 3.57. The summed E-state index contributed by atoms with van der Waals surface area (Å²) in [5.41, 5.74) is 9.05. The summed E-state index contributed by atoms with van der Waals surface area (Å²) in [6.45, 7) is 4.12. The van der Waals surface area contributed by atoms with Crippen molar-refractivity contribution in [2.75, 3.05) is 11.1 Å². The smallest absolute Gasteiger partial charge is 0.319 e. The number of hydrogen-bond acceptors (Lipinski definition) is 7. The molecule has 0 radical (unpaired) electrons. The highest BCUT2D eigenvalue weighted by Crippen LogP contribution is 2.30. The molecule has 25 heavy (non-hydrogen) atoms. The van der Waals surface area contributed by atoms with Crippen LogP contribution >= 0.6 is 0 Å². The predicted molar refractivity (Wildman–Crippen MR) is 95.8 cm³/mol. The van der Waals surface area contributed by atoms with Gasteiger partial charge in [0.05, 0.1) is 18.1 Å². The van der Waals surface area contributed by atoms with Crippen LogP contribution in [-0.2, 0) is 0 Å². The summed E-state index contributed by atoms with van der Waals surface area (Å²) in [5, 5.41) is 8.13. The number of nitrogens with two attached hydrogens (primary N) is 1. The third-order valence-corrected chi connectivity index (χ3v) is 3.73. The van der Waals surface area contributed by atoms with Gasteiger partial charge in [-0.3, -0.25) is 4.98 Å². The number of hydrogen-bond donors (Lipinski definition) is 3. The van der Waals surface area contributed by atoms with Crippen molar-refractivity contribution in [3.8, 4) is 22.6 Å². The topological polar surface area (TPSA) is 119 Å². The van der Waals surface area contributed by atoms with Crippen molar-refractivity contribution in [1.29, 1.82) is 0 Å². The van der Waals surface area contributed by atoms with Gasteiger partial charge in [0.15, 0.2) is 0 Å². The Bertz CT molecular complexity index is 1030. The van der Waals surface area contributed by atoms with Gasteiger partial charge in [-0.25, -0.2) is 4.98 Å². The maximum Gasteiger partial charge on any atom is 0.319 e. The van der Waals surface area contributed by atoms with Crippen LogP contribution in [0.1, 0.15) is 13.8 Å². The van der Waals surface area contributed by atoms with E-state index in [1.807, 2.05) is 24.4 Å². The van der Waals surface area contributed by atoms with Crippen molar-refractivity contribution in [1.82, 2.24) is 25.1 Å². The summed E-state index contributed by atoms with van der Waals surface area (Å²) in [7, 11) is 0. The molecule has 3 aromatic heterocycles. The second kappa shape index (κ2) is 5.90. The minimum absolute atomic E-state index is 0.0442. The first-order valence-electron chi connectivity index (χ1n) is 7.90. The van der Waals surface area contributed by atoms with Gasteiger partial charge in [-0.15, -0.1) is 0 Å². The van der Waals surface area contributed by atoms with E-state index in [9.17, 15) is 0 Å². The van der Waals surface area contributed by atoms with Crippen LogP contribution in [0.4, 0.5) is 11.8 Å². The lowest BCUT2D eigenvalue weighted by atomic mass is 10.1. The van der Waals surface area contributed by atoms with Crippen LogP contribution in [0.5, 0.6) is 0 Å². The SMILES string of the molecule is CC(C)Nc1cncc(-c2c[nH]c3ccc(-c4noc(N)n4)cc23)n1. The van der Waals surface area contributed by atoms with Crippen LogP contribution in [0.15, 0.2) is 41.3 Å². The lowest BCUT2D eigenvalue weighted by Gasteiger charge is -2.09. The van der Waals surface area contributed by atoms with Gasteiger partial charge in [-0.2, -0.15) is 4.98 Å². The van der Waals surface area contributed by atoms with Gasteiger partial charge in [0, 0.05) is 34.3 Å². The van der Waals surface area contributed by atoms with E-state index in [4.69, 9.17) is 10.3 Å². The number of fused-ring (bicyclic) bond motifs is 1. The highest BCUT2D eigenvalue weighted by molar-refractivity contribution is 5.96. The highest BCUT2D eigenvalue weighted by atomic mass is 16.5. The molecule has 0 spiro atoms. The molecule has 1 aromatic carbocycles. The molecule has 126 valence electrons. The van der Waals surface area contributed by atoms with Gasteiger partial charge in [0.2, 0.25) is 5.82 Å². The van der Waals surface area contributed by atoms with E-state index in [0.29, 0.717) is 5.82 Å². The fourth-order valence-electron chi connectivity index (χ4n) is 2.69. The minimum atomic E-state index is 0.0442. The molecule has 0 aliphatic heterocycles. The number of benzene rings is 1. The molecule has 0 atom stereocenters. The molecule has 0 unspecified atom stereocenters. The molecule has 0 bridgehead atoms. The normalized spacial score (nSPS) is 11.3. The number of nitrogens with zero attached hydrogens (tertiary/aromatic N) is 4. The molecule has 4 N–H and O–H groups in total. The third-order valence-electron chi connectivity index (χ3n) is 3.73. The Morgan fingerprint density at radius 3 is 2.84 bits per heavy atom. The first-order chi connectivity index (χ1) is 12.1. The number of aromatic nitrogens is 5. The van der Waals surface area contributed by atoms with E-state index in [0.717, 1.165) is 33.5 Å². The molecule has 8 heteroatoms. The minimum Gasteiger partial charge on any atom is -0.367 e. The summed E-state index contributed by atoms with van der Waals surface area (Å²) in [6, 6.07) is 6.18. The van der Waals surface area contributed by atoms with Gasteiger partial charge < -0.3 is 20.6 Å². The molecule has 0 amide bonds.